The number of anilines is 3. The van der Waals surface area contributed by atoms with Gasteiger partial charge in [0, 0.05) is 19.4 Å². The minimum Gasteiger partial charge on any atom is -0.387 e. The Hall–Kier alpha value is -5.64. The summed E-state index contributed by atoms with van der Waals surface area (Å²) < 4.78 is 110. The monoisotopic (exact) mass is 1190 g/mol. The number of aliphatic hydroxyl groups excluding tert-OH is 3. The molecule has 5 unspecified atom stereocenters. The molecule has 3 saturated heterocycles. The topological polar surface area (TPSA) is 585 Å². The maximum atomic E-state index is 13.7. The summed E-state index contributed by atoms with van der Waals surface area (Å²) in [6.07, 6.45) is -14.3. The minimum absolute atomic E-state index is 0.000390. The zero-order valence-corrected chi connectivity index (χ0v) is 43.3. The predicted molar refractivity (Wildman–Crippen MR) is 250 cm³/mol. The number of carbonyl (C=O) groups excluding carboxylic acids is 1. The number of H-pyrrole nitrogens is 2. The number of aromatic amines is 2. The van der Waals surface area contributed by atoms with Crippen LogP contribution in [0.25, 0.3) is 33.5 Å². The van der Waals surface area contributed by atoms with Gasteiger partial charge in [-0.15, -0.1) is 0 Å². The first-order valence-electron chi connectivity index (χ1n) is 22.1. The Morgan fingerprint density at radius 3 is 1.97 bits per heavy atom. The van der Waals surface area contributed by atoms with E-state index >= 15 is 0 Å². The van der Waals surface area contributed by atoms with Crippen LogP contribution in [-0.4, -0.2) is 170 Å². The largest absolute Gasteiger partial charge is 0.490 e. The number of phosphoric ester groups is 3. The molecule has 78 heavy (non-hydrogen) atoms. The number of imidazole rings is 3. The number of methoxy groups -OCH3 is 1. The van der Waals surface area contributed by atoms with Gasteiger partial charge in [-0.25, -0.2) is 42.8 Å². The Morgan fingerprint density at radius 1 is 0.718 bits per heavy atom. The smallest absolute Gasteiger partial charge is 0.387 e. The molecule has 9 rings (SSSR count). The molecule has 426 valence electrons. The number of nitrogen functional groups attached to an aromatic ring is 3. The fourth-order valence-corrected chi connectivity index (χ4v) is 13.3. The van der Waals surface area contributed by atoms with Crippen molar-refractivity contribution in [3.05, 3.63) is 46.0 Å². The molecule has 1 amide bonds. The molecule has 6 aromatic rings. The van der Waals surface area contributed by atoms with Crippen LogP contribution in [0.4, 0.5) is 17.7 Å². The number of nitrogens with one attached hydrogen (secondary N) is 2. The summed E-state index contributed by atoms with van der Waals surface area (Å²) in [4.78, 5) is 108. The van der Waals surface area contributed by atoms with Crippen LogP contribution in [0.1, 0.15) is 25.1 Å². The van der Waals surface area contributed by atoms with E-state index in [1.54, 1.807) is 0 Å². The van der Waals surface area contributed by atoms with Gasteiger partial charge >= 0.3 is 36.9 Å². The van der Waals surface area contributed by atoms with Crippen LogP contribution in [0.5, 0.6) is 0 Å². The number of aryl methyl sites for hydroxylation is 1. The predicted octanol–water partition coefficient (Wildman–Crippen LogP) is -4.58. The van der Waals surface area contributed by atoms with Crippen molar-refractivity contribution in [2.24, 2.45) is 18.7 Å². The quantitative estimate of drug-likeness (QED) is 0.0238. The van der Waals surface area contributed by atoms with Crippen LogP contribution in [0.2, 0.25) is 0 Å². The highest BCUT2D eigenvalue weighted by Gasteiger charge is 2.54. The van der Waals surface area contributed by atoms with Crippen molar-refractivity contribution in [3.63, 3.8) is 0 Å². The molecule has 0 aromatic carbocycles. The number of phosphoric acid groups is 4. The number of nitrogens with zero attached hydrogens (tertiary/aromatic N) is 10. The van der Waals surface area contributed by atoms with Crippen LogP contribution in [0.15, 0.2) is 34.9 Å². The molecular weight excluding hydrogens is 1140 g/mol. The molecule has 9 heterocycles. The Balaban J connectivity index is 0.874. The van der Waals surface area contributed by atoms with Gasteiger partial charge in [0.05, 0.1) is 45.6 Å². The number of rotatable bonds is 21. The second kappa shape index (κ2) is 21.4. The number of primary amides is 1. The first-order valence-corrected chi connectivity index (χ1v) is 28.1. The number of ether oxygens (including phenoxy) is 4. The van der Waals surface area contributed by atoms with Crippen LogP contribution in [0.3, 0.4) is 0 Å². The molecule has 44 heteroatoms. The summed E-state index contributed by atoms with van der Waals surface area (Å²) in [7, 11) is -21.0. The number of aromatic nitrogens is 12. The van der Waals surface area contributed by atoms with Gasteiger partial charge in [0.15, 0.2) is 41.4 Å². The van der Waals surface area contributed by atoms with Crippen LogP contribution in [-0.2, 0) is 75.8 Å². The molecule has 3 fully saturated rings. The average Bonchev–Trinajstić information content (AvgIpc) is 4.28. The lowest BCUT2D eigenvalue weighted by molar-refractivity contribution is -0.745. The first kappa shape index (κ1) is 57.1. The number of hydrogen-bond acceptors (Lipinski definition) is 29. The van der Waals surface area contributed by atoms with Crippen molar-refractivity contribution < 1.29 is 108 Å². The van der Waals surface area contributed by atoms with Gasteiger partial charge in [-0.2, -0.15) is 13.6 Å². The van der Waals surface area contributed by atoms with E-state index in [0.29, 0.717) is 0 Å². The van der Waals surface area contributed by atoms with Crippen molar-refractivity contribution in [1.29, 1.82) is 0 Å². The second-order valence-corrected chi connectivity index (χ2v) is 23.4. The van der Waals surface area contributed by atoms with E-state index in [-0.39, 0.29) is 51.2 Å². The summed E-state index contributed by atoms with van der Waals surface area (Å²) in [5.74, 6) is -3.02. The molecule has 0 bridgehead atoms. The van der Waals surface area contributed by atoms with E-state index in [0.717, 1.165) is 30.7 Å². The molecule has 40 nitrogen and oxygen atoms in total. The Morgan fingerprint density at radius 2 is 1.31 bits per heavy atom. The lowest BCUT2D eigenvalue weighted by Gasteiger charge is -2.26. The standard InChI is InChI=1S/C34H46N16O24P4/c1-47-10-50(27-18(47)29(56)46-34(38)44-27)30-19(52)11(3-15(35)51)12(69-30)4-67-76(59,60)73-78(63,64)74-77(61,62)68-6-14-22(23(65-2)32(71-14)48-8-41-16-24(36)39-7-40-25(16)48)72-75(57,58)66-5-13-20(53)21(54)31(70-13)49-9-42-17-26(49)43-33(37)45-28(17)55/h7-14,19-23,30-32,52-54H,3-6H2,1-2H3,(H13-,35,36,37,38,39,40,43,44,45,46,51,55,56,57,58,59,60,61,62,63,64)/p+1/t11-,12-,13-,14-,19-,20-,21-,22-,23-,30?,31-,32-/m1/s1. The zero-order chi connectivity index (χ0) is 56.6. The molecule has 0 radical (unpaired) electrons. The first-order chi connectivity index (χ1) is 36.6. The molecular formula is C34H47N16O24P4+. The van der Waals surface area contributed by atoms with Gasteiger partial charge in [0.25, 0.3) is 17.1 Å². The molecule has 0 spiro atoms. The Kier molecular flexibility index (Phi) is 15.7. The Labute approximate surface area is 432 Å². The third-order valence-corrected chi connectivity index (χ3v) is 17.4. The number of hydrogen-bond donors (Lipinski definition) is 13. The van der Waals surface area contributed by atoms with Gasteiger partial charge in [0.1, 0.15) is 54.6 Å². The van der Waals surface area contributed by atoms with Gasteiger partial charge in [-0.05, 0) is 0 Å². The summed E-state index contributed by atoms with van der Waals surface area (Å²) in [5, 5.41) is 33.0. The molecule has 3 aliphatic heterocycles. The Bertz CT molecular complexity index is 3600. The van der Waals surface area contributed by atoms with Crippen molar-refractivity contribution in [2.45, 2.75) is 73.9 Å². The van der Waals surface area contributed by atoms with E-state index in [4.69, 9.17) is 60.0 Å². The summed E-state index contributed by atoms with van der Waals surface area (Å²) in [5.41, 5.74) is 20.8. The third kappa shape index (κ3) is 11.5. The SMILES string of the molecule is CO[C@@H]1[C@H](OP(=O)(O)OC[C@H]2O[C@@H](n3cnc4c(=O)[nH]c(N)nc43)[C@H](O)[C@@H]2O)[C@@H](COP(=O)(O)OP(=O)(O)OP(=O)(O)OC[C@H]2OC([n+]3cn(C)c4c(=O)[nH]c(N)nc43)[C@H](O)[C@@H]2CC(N)=O)O[C@H]1n1cnc2c(N)ncnc21. The maximum Gasteiger partial charge on any atom is 0.490 e. The van der Waals surface area contributed by atoms with Gasteiger partial charge in [0.2, 0.25) is 23.6 Å². The molecule has 17 N–H and O–H groups in total. The molecule has 16 atom stereocenters. The number of amides is 1. The fraction of sp³-hybridized carbons (Fsp3) is 0.529. The summed E-state index contributed by atoms with van der Waals surface area (Å²) >= 11 is 0. The van der Waals surface area contributed by atoms with Crippen molar-refractivity contribution in [3.8, 4) is 0 Å². The molecule has 6 aromatic heterocycles. The number of nitrogens with two attached hydrogens (primary N) is 4. The maximum absolute atomic E-state index is 13.7. The number of carbonyl (C=O) groups is 1. The highest BCUT2D eigenvalue weighted by atomic mass is 31.3. The highest BCUT2D eigenvalue weighted by Crippen LogP contribution is 2.68. The van der Waals surface area contributed by atoms with E-state index in [2.05, 4.69) is 48.5 Å². The van der Waals surface area contributed by atoms with Crippen molar-refractivity contribution in [1.82, 2.24) is 53.6 Å². The highest BCUT2D eigenvalue weighted by molar-refractivity contribution is 7.66. The van der Waals surface area contributed by atoms with E-state index in [1.807, 2.05) is 0 Å². The molecule has 0 aliphatic carbocycles. The number of aliphatic hydroxyl groups is 3. The normalized spacial score (nSPS) is 29.7. The van der Waals surface area contributed by atoms with Crippen LogP contribution >= 0.6 is 31.3 Å². The molecule has 0 saturated carbocycles. The summed E-state index contributed by atoms with van der Waals surface area (Å²) in [6.45, 7) is -3.37. The minimum atomic E-state index is -6.24. The molecule has 3 aliphatic rings. The van der Waals surface area contributed by atoms with Crippen LogP contribution in [0, 0.1) is 5.92 Å². The third-order valence-electron chi connectivity index (χ3n) is 12.2. The second-order valence-electron chi connectivity index (χ2n) is 17.3. The number of fused-ring (bicyclic) bond motifs is 3. The average molecular weight is 1190 g/mol. The van der Waals surface area contributed by atoms with Crippen LogP contribution < -0.4 is 38.6 Å². The van der Waals surface area contributed by atoms with Crippen molar-refractivity contribution >= 4 is 88.4 Å². The van der Waals surface area contributed by atoms with Gasteiger partial charge < -0.3 is 76.8 Å². The van der Waals surface area contributed by atoms with Gasteiger partial charge in [-0.1, -0.05) is 4.98 Å². The lowest BCUT2D eigenvalue weighted by atomic mass is 9.94. The van der Waals surface area contributed by atoms with Gasteiger partial charge in [-0.3, -0.25) is 56.1 Å². The zero-order valence-electron chi connectivity index (χ0n) is 39.7. The summed E-state index contributed by atoms with van der Waals surface area (Å²) in [6, 6.07) is 0. The van der Waals surface area contributed by atoms with E-state index < -0.39 is 148 Å². The van der Waals surface area contributed by atoms with E-state index in [9.17, 15) is 67.5 Å². The van der Waals surface area contributed by atoms with Crippen molar-refractivity contribution in [2.75, 3.05) is 44.1 Å². The fourth-order valence-electron chi connectivity index (χ4n) is 8.86. The lowest BCUT2D eigenvalue weighted by Crippen LogP contribution is -2.45. The van der Waals surface area contributed by atoms with E-state index in [1.165, 1.54) is 27.1 Å².